The molecule has 0 aliphatic rings. The number of nitrogen functional groups attached to an aromatic ring is 1. The minimum absolute atomic E-state index is 0.253. The Bertz CT molecular complexity index is 309. The maximum Gasteiger partial charge on any atom is 0.0314 e. The molecule has 0 amide bonds. The summed E-state index contributed by atoms with van der Waals surface area (Å²) in [5.74, 6) is 0. The van der Waals surface area contributed by atoms with Crippen LogP contribution in [0.25, 0.3) is 0 Å². The first kappa shape index (κ1) is 13.0. The van der Waals surface area contributed by atoms with Gasteiger partial charge in [0.15, 0.2) is 0 Å². The van der Waals surface area contributed by atoms with Crippen LogP contribution in [0.2, 0.25) is 0 Å². The monoisotopic (exact) mass is 220 g/mol. The smallest absolute Gasteiger partial charge is 0.0314 e. The predicted octanol–water partition coefficient (Wildman–Crippen LogP) is 2.93. The molecule has 0 unspecified atom stereocenters. The molecule has 0 spiro atoms. The van der Waals surface area contributed by atoms with Crippen LogP contribution in [0, 0.1) is 0 Å². The molecule has 0 atom stereocenters. The van der Waals surface area contributed by atoms with E-state index in [1.807, 2.05) is 12.1 Å². The van der Waals surface area contributed by atoms with Gasteiger partial charge in [-0.2, -0.15) is 0 Å². The van der Waals surface area contributed by atoms with Gasteiger partial charge in [0.1, 0.15) is 0 Å². The molecular formula is C14H24N2. The molecule has 0 aliphatic carbocycles. The van der Waals surface area contributed by atoms with Crippen molar-refractivity contribution in [2.45, 2.75) is 39.7 Å². The number of hydrogen-bond acceptors (Lipinski definition) is 2. The lowest BCUT2D eigenvalue weighted by Gasteiger charge is -2.34. The van der Waals surface area contributed by atoms with Crippen molar-refractivity contribution in [2.24, 2.45) is 0 Å². The number of nitrogens with two attached hydrogens (primary N) is 1. The molecule has 2 heteroatoms. The zero-order valence-corrected chi connectivity index (χ0v) is 11.0. The van der Waals surface area contributed by atoms with E-state index in [-0.39, 0.29) is 5.54 Å². The molecule has 0 aromatic heterocycles. The summed E-state index contributed by atoms with van der Waals surface area (Å²) in [7, 11) is 0. The second-order valence-corrected chi connectivity index (χ2v) is 5.24. The number of nitrogens with zero attached hydrogens (tertiary/aromatic N) is 1. The van der Waals surface area contributed by atoms with Gasteiger partial charge in [0.2, 0.25) is 0 Å². The summed E-state index contributed by atoms with van der Waals surface area (Å²) < 4.78 is 0. The summed E-state index contributed by atoms with van der Waals surface area (Å²) in [4.78, 5) is 2.49. The van der Waals surface area contributed by atoms with Crippen LogP contribution >= 0.6 is 0 Å². The van der Waals surface area contributed by atoms with Gasteiger partial charge in [-0.1, -0.05) is 19.1 Å². The van der Waals surface area contributed by atoms with Crippen LogP contribution in [0.4, 0.5) is 5.69 Å². The topological polar surface area (TPSA) is 29.3 Å². The Balaban J connectivity index is 2.53. The van der Waals surface area contributed by atoms with Crippen LogP contribution in [0.5, 0.6) is 0 Å². The normalized spacial score (nSPS) is 12.1. The van der Waals surface area contributed by atoms with Crippen LogP contribution in [0.3, 0.4) is 0 Å². The van der Waals surface area contributed by atoms with Gasteiger partial charge >= 0.3 is 0 Å². The Labute approximate surface area is 99.5 Å². The quantitative estimate of drug-likeness (QED) is 0.791. The highest BCUT2D eigenvalue weighted by Crippen LogP contribution is 2.14. The van der Waals surface area contributed by atoms with Crippen LogP contribution in [0.1, 0.15) is 33.3 Å². The van der Waals surface area contributed by atoms with Gasteiger partial charge in [-0.05, 0) is 51.4 Å². The molecule has 0 aliphatic heterocycles. The first-order valence-corrected chi connectivity index (χ1v) is 6.03. The minimum Gasteiger partial charge on any atom is -0.399 e. The Morgan fingerprint density at radius 1 is 1.12 bits per heavy atom. The van der Waals surface area contributed by atoms with Crippen molar-refractivity contribution < 1.29 is 0 Å². The van der Waals surface area contributed by atoms with Gasteiger partial charge in [-0.15, -0.1) is 0 Å². The predicted molar refractivity (Wildman–Crippen MR) is 71.6 cm³/mol. The molecule has 0 fully saturated rings. The van der Waals surface area contributed by atoms with Gasteiger partial charge in [0.25, 0.3) is 0 Å². The van der Waals surface area contributed by atoms with Crippen molar-refractivity contribution in [3.05, 3.63) is 29.8 Å². The Kier molecular flexibility index (Phi) is 4.36. The molecule has 0 heterocycles. The highest BCUT2D eigenvalue weighted by Gasteiger charge is 2.18. The van der Waals surface area contributed by atoms with Crippen molar-refractivity contribution in [1.82, 2.24) is 4.90 Å². The van der Waals surface area contributed by atoms with E-state index in [0.29, 0.717) is 0 Å². The van der Waals surface area contributed by atoms with Crippen molar-refractivity contribution in [3.8, 4) is 0 Å². The lowest BCUT2D eigenvalue weighted by atomic mass is 10.0. The summed E-state index contributed by atoms with van der Waals surface area (Å²) in [6.07, 6.45) is 1.09. The van der Waals surface area contributed by atoms with Crippen molar-refractivity contribution in [3.63, 3.8) is 0 Å². The fraction of sp³-hybridized carbons (Fsp3) is 0.571. The summed E-state index contributed by atoms with van der Waals surface area (Å²) in [5.41, 5.74) is 8.12. The van der Waals surface area contributed by atoms with Crippen LogP contribution in [0.15, 0.2) is 24.3 Å². The molecule has 0 saturated heterocycles. The molecule has 16 heavy (non-hydrogen) atoms. The van der Waals surface area contributed by atoms with E-state index in [1.165, 1.54) is 5.56 Å². The molecule has 1 rings (SSSR count). The summed E-state index contributed by atoms with van der Waals surface area (Å²) in [6.45, 7) is 11.2. The van der Waals surface area contributed by atoms with Gasteiger partial charge in [-0.3, -0.25) is 4.90 Å². The van der Waals surface area contributed by atoms with Crippen molar-refractivity contribution in [2.75, 3.05) is 18.8 Å². The molecule has 2 N–H and O–H groups in total. The molecule has 90 valence electrons. The highest BCUT2D eigenvalue weighted by molar-refractivity contribution is 5.39. The van der Waals surface area contributed by atoms with E-state index in [1.54, 1.807) is 0 Å². The third-order valence-electron chi connectivity index (χ3n) is 2.98. The number of rotatable bonds is 4. The maximum absolute atomic E-state index is 5.67. The molecule has 1 aromatic carbocycles. The molecule has 2 nitrogen and oxygen atoms in total. The Hall–Kier alpha value is -1.02. The molecule has 0 saturated carbocycles. The highest BCUT2D eigenvalue weighted by atomic mass is 15.2. The third-order valence-corrected chi connectivity index (χ3v) is 2.98. The average Bonchev–Trinajstić information content (AvgIpc) is 2.19. The van der Waals surface area contributed by atoms with Crippen LogP contribution in [-0.2, 0) is 6.42 Å². The maximum atomic E-state index is 5.67. The fourth-order valence-corrected chi connectivity index (χ4v) is 1.92. The molecule has 1 aromatic rings. The van der Waals surface area contributed by atoms with E-state index >= 15 is 0 Å². The van der Waals surface area contributed by atoms with E-state index < -0.39 is 0 Å². The SMILES string of the molecule is CCN(CCc1ccc(N)cc1)C(C)(C)C. The number of likely N-dealkylation sites (N-methyl/N-ethyl adjacent to an activating group) is 1. The van der Waals surface area contributed by atoms with Crippen LogP contribution in [-0.4, -0.2) is 23.5 Å². The summed E-state index contributed by atoms with van der Waals surface area (Å²) in [6, 6.07) is 8.18. The summed E-state index contributed by atoms with van der Waals surface area (Å²) in [5, 5.41) is 0. The lowest BCUT2D eigenvalue weighted by molar-refractivity contribution is 0.147. The third kappa shape index (κ3) is 3.86. The molecule has 0 bridgehead atoms. The standard InChI is InChI=1S/C14H24N2/c1-5-16(14(2,3)4)11-10-12-6-8-13(15)9-7-12/h6-9H,5,10-11,15H2,1-4H3. The lowest BCUT2D eigenvalue weighted by Crippen LogP contribution is -2.42. The van der Waals surface area contributed by atoms with Gasteiger partial charge in [0, 0.05) is 17.8 Å². The average molecular weight is 220 g/mol. The number of benzene rings is 1. The second-order valence-electron chi connectivity index (χ2n) is 5.24. The van der Waals surface area contributed by atoms with Crippen molar-refractivity contribution in [1.29, 1.82) is 0 Å². The first-order valence-electron chi connectivity index (χ1n) is 6.03. The Morgan fingerprint density at radius 2 is 1.69 bits per heavy atom. The minimum atomic E-state index is 0.253. The zero-order valence-electron chi connectivity index (χ0n) is 11.0. The number of hydrogen-bond donors (Lipinski definition) is 1. The van der Waals surface area contributed by atoms with E-state index in [0.717, 1.165) is 25.2 Å². The van der Waals surface area contributed by atoms with Crippen molar-refractivity contribution >= 4 is 5.69 Å². The largest absolute Gasteiger partial charge is 0.399 e. The van der Waals surface area contributed by atoms with Gasteiger partial charge < -0.3 is 5.73 Å². The van der Waals surface area contributed by atoms with E-state index in [9.17, 15) is 0 Å². The summed E-state index contributed by atoms with van der Waals surface area (Å²) >= 11 is 0. The van der Waals surface area contributed by atoms with Gasteiger partial charge in [-0.25, -0.2) is 0 Å². The Morgan fingerprint density at radius 3 is 2.12 bits per heavy atom. The van der Waals surface area contributed by atoms with E-state index in [2.05, 4.69) is 44.7 Å². The zero-order chi connectivity index (χ0) is 12.2. The first-order chi connectivity index (χ1) is 7.43. The fourth-order valence-electron chi connectivity index (χ4n) is 1.92. The number of anilines is 1. The van der Waals surface area contributed by atoms with Crippen LogP contribution < -0.4 is 5.73 Å². The van der Waals surface area contributed by atoms with Gasteiger partial charge in [0.05, 0.1) is 0 Å². The molecule has 0 radical (unpaired) electrons. The van der Waals surface area contributed by atoms with E-state index in [4.69, 9.17) is 5.73 Å². The molecular weight excluding hydrogens is 196 g/mol. The second kappa shape index (κ2) is 5.35.